The first-order valence-electron chi connectivity index (χ1n) is 11.7. The van der Waals surface area contributed by atoms with Gasteiger partial charge in [0.15, 0.2) is 5.78 Å². The Kier molecular flexibility index (Phi) is 5.88. The highest BCUT2D eigenvalue weighted by Gasteiger charge is 2.43. The van der Waals surface area contributed by atoms with Crippen LogP contribution in [0.2, 0.25) is 0 Å². The molecule has 0 atom stereocenters. The van der Waals surface area contributed by atoms with Crippen molar-refractivity contribution in [1.82, 2.24) is 14.9 Å². The number of aromatic nitrogens is 2. The number of methoxy groups -OCH3 is 1. The minimum absolute atomic E-state index is 0.0266. The van der Waals surface area contributed by atoms with E-state index >= 15 is 0 Å². The van der Waals surface area contributed by atoms with Crippen LogP contribution in [0.4, 0.5) is 11.6 Å². The average molecular weight is 473 g/mol. The van der Waals surface area contributed by atoms with Crippen LogP contribution in [0.3, 0.4) is 0 Å². The molecule has 2 aliphatic heterocycles. The number of carbonyl (C=O) groups is 2. The van der Waals surface area contributed by atoms with Gasteiger partial charge in [-0.25, -0.2) is 9.97 Å². The molecule has 1 spiro atoms. The van der Waals surface area contributed by atoms with E-state index in [0.29, 0.717) is 60.9 Å². The molecule has 1 amide bonds. The molecule has 3 heterocycles. The van der Waals surface area contributed by atoms with Gasteiger partial charge in [0.1, 0.15) is 17.1 Å². The van der Waals surface area contributed by atoms with Crippen molar-refractivity contribution in [1.29, 1.82) is 0 Å². The molecule has 1 aromatic heterocycles. The van der Waals surface area contributed by atoms with E-state index in [9.17, 15) is 9.59 Å². The Balaban J connectivity index is 1.22. The Morgan fingerprint density at radius 3 is 2.37 bits per heavy atom. The molecule has 3 aromatic rings. The fraction of sp³-hybridized carbons (Fsp3) is 0.333. The summed E-state index contributed by atoms with van der Waals surface area (Å²) in [5, 5.41) is 3.19. The molecule has 0 saturated carbocycles. The Bertz CT molecular complexity index is 1260. The number of ether oxygens (including phenoxy) is 2. The van der Waals surface area contributed by atoms with Crippen molar-refractivity contribution in [2.24, 2.45) is 0 Å². The Morgan fingerprint density at radius 1 is 1.03 bits per heavy atom. The average Bonchev–Trinajstić information content (AvgIpc) is 2.84. The zero-order chi connectivity index (χ0) is 24.6. The van der Waals surface area contributed by atoms with Gasteiger partial charge >= 0.3 is 0 Å². The minimum atomic E-state index is -0.560. The molecular weight excluding hydrogens is 444 g/mol. The zero-order valence-electron chi connectivity index (χ0n) is 20.1. The normalized spacial score (nSPS) is 16.4. The number of nitrogens with one attached hydrogen (secondary N) is 1. The molecule has 8 nitrogen and oxygen atoms in total. The molecule has 0 bridgehead atoms. The van der Waals surface area contributed by atoms with Crippen molar-refractivity contribution in [3.8, 4) is 11.5 Å². The highest BCUT2D eigenvalue weighted by molar-refractivity contribution is 6.01. The number of Topliss-reactive ketones (excluding diaryl/α,β-unsaturated/α-hetero) is 1. The van der Waals surface area contributed by atoms with E-state index in [1.807, 2.05) is 49.1 Å². The van der Waals surface area contributed by atoms with Crippen LogP contribution in [0, 0.1) is 13.8 Å². The number of ketones is 1. The quantitative estimate of drug-likeness (QED) is 0.598. The van der Waals surface area contributed by atoms with Crippen molar-refractivity contribution in [3.63, 3.8) is 0 Å². The Labute approximate surface area is 204 Å². The first-order valence-corrected chi connectivity index (χ1v) is 11.7. The standard InChI is InChI=1S/C27H28N4O4/c1-17-14-18(2)29-26(28-17)30-20-6-4-19(5-7-20)25(33)31-12-10-27(11-13-31)16-23(32)22-15-21(34-3)8-9-24(22)35-27/h4-9,14-15H,10-13,16H2,1-3H3,(H,28,29,30). The molecule has 180 valence electrons. The maximum atomic E-state index is 13.1. The van der Waals surface area contributed by atoms with Gasteiger partial charge in [-0.05, 0) is 62.4 Å². The monoisotopic (exact) mass is 472 g/mol. The van der Waals surface area contributed by atoms with E-state index in [4.69, 9.17) is 9.47 Å². The number of rotatable bonds is 4. The summed E-state index contributed by atoms with van der Waals surface area (Å²) in [6.07, 6.45) is 1.54. The first kappa shape index (κ1) is 22.8. The van der Waals surface area contributed by atoms with Crippen LogP contribution < -0.4 is 14.8 Å². The Morgan fingerprint density at radius 2 is 1.71 bits per heavy atom. The van der Waals surface area contributed by atoms with Gasteiger partial charge in [-0.1, -0.05) is 0 Å². The van der Waals surface area contributed by atoms with Gasteiger partial charge < -0.3 is 19.7 Å². The predicted octanol–water partition coefficient (Wildman–Crippen LogP) is 4.49. The summed E-state index contributed by atoms with van der Waals surface area (Å²) in [7, 11) is 1.58. The number of benzene rings is 2. The van der Waals surface area contributed by atoms with Gasteiger partial charge in [0.25, 0.3) is 5.91 Å². The summed E-state index contributed by atoms with van der Waals surface area (Å²) in [6.45, 7) is 4.92. The fourth-order valence-corrected chi connectivity index (χ4v) is 4.79. The van der Waals surface area contributed by atoms with Crippen molar-refractivity contribution in [3.05, 3.63) is 71.0 Å². The number of likely N-dealkylation sites (tertiary alicyclic amines) is 1. The van der Waals surface area contributed by atoms with Gasteiger partial charge in [0.05, 0.1) is 19.1 Å². The van der Waals surface area contributed by atoms with Crippen LogP contribution in [0.1, 0.15) is 51.4 Å². The van der Waals surface area contributed by atoms with Gasteiger partial charge in [0, 0.05) is 48.6 Å². The number of hydrogen-bond acceptors (Lipinski definition) is 7. The molecule has 0 unspecified atom stereocenters. The van der Waals surface area contributed by atoms with E-state index in [2.05, 4.69) is 15.3 Å². The molecule has 0 aliphatic carbocycles. The largest absolute Gasteiger partial charge is 0.497 e. The molecule has 1 saturated heterocycles. The molecule has 35 heavy (non-hydrogen) atoms. The lowest BCUT2D eigenvalue weighted by atomic mass is 9.82. The van der Waals surface area contributed by atoms with E-state index in [1.165, 1.54) is 0 Å². The third kappa shape index (κ3) is 4.69. The second-order valence-corrected chi connectivity index (χ2v) is 9.22. The number of piperidine rings is 1. The van der Waals surface area contributed by atoms with Crippen LogP contribution in [0.15, 0.2) is 48.5 Å². The number of hydrogen-bond donors (Lipinski definition) is 1. The van der Waals surface area contributed by atoms with Gasteiger partial charge in [-0.2, -0.15) is 0 Å². The van der Waals surface area contributed by atoms with Crippen LogP contribution in [-0.4, -0.2) is 52.4 Å². The zero-order valence-corrected chi connectivity index (χ0v) is 20.1. The second-order valence-electron chi connectivity index (χ2n) is 9.22. The molecular formula is C27H28N4O4. The number of nitrogens with zero attached hydrogens (tertiary/aromatic N) is 3. The highest BCUT2D eigenvalue weighted by atomic mass is 16.5. The molecule has 2 aliphatic rings. The molecule has 2 aromatic carbocycles. The minimum Gasteiger partial charge on any atom is -0.497 e. The summed E-state index contributed by atoms with van der Waals surface area (Å²) in [5.74, 6) is 1.80. The molecule has 0 radical (unpaired) electrons. The summed E-state index contributed by atoms with van der Waals surface area (Å²) in [6, 6.07) is 14.6. The van der Waals surface area contributed by atoms with Crippen molar-refractivity contribution >= 4 is 23.3 Å². The van der Waals surface area contributed by atoms with Crippen LogP contribution in [0.5, 0.6) is 11.5 Å². The van der Waals surface area contributed by atoms with Crippen molar-refractivity contribution < 1.29 is 19.1 Å². The predicted molar refractivity (Wildman–Crippen MR) is 132 cm³/mol. The van der Waals surface area contributed by atoms with Crippen LogP contribution >= 0.6 is 0 Å². The topological polar surface area (TPSA) is 93.7 Å². The van der Waals surface area contributed by atoms with Crippen LogP contribution in [0.25, 0.3) is 0 Å². The number of carbonyl (C=O) groups excluding carboxylic acids is 2. The summed E-state index contributed by atoms with van der Waals surface area (Å²) >= 11 is 0. The lowest BCUT2D eigenvalue weighted by molar-refractivity contribution is -0.00576. The molecule has 8 heteroatoms. The molecule has 5 rings (SSSR count). The highest BCUT2D eigenvalue weighted by Crippen LogP contribution is 2.40. The number of anilines is 2. The van der Waals surface area contributed by atoms with Gasteiger partial charge in [-0.15, -0.1) is 0 Å². The third-order valence-corrected chi connectivity index (χ3v) is 6.63. The second kappa shape index (κ2) is 9.02. The van der Waals surface area contributed by atoms with Gasteiger partial charge in [0.2, 0.25) is 5.95 Å². The maximum absolute atomic E-state index is 13.1. The molecule has 1 N–H and O–H groups in total. The smallest absolute Gasteiger partial charge is 0.253 e. The maximum Gasteiger partial charge on any atom is 0.253 e. The summed E-state index contributed by atoms with van der Waals surface area (Å²) < 4.78 is 11.6. The van der Waals surface area contributed by atoms with E-state index in [1.54, 1.807) is 25.3 Å². The number of fused-ring (bicyclic) bond motifs is 1. The lowest BCUT2D eigenvalue weighted by Gasteiger charge is -2.44. The van der Waals surface area contributed by atoms with Crippen molar-refractivity contribution in [2.75, 3.05) is 25.5 Å². The molecule has 1 fully saturated rings. The van der Waals surface area contributed by atoms with E-state index in [0.717, 1.165) is 17.1 Å². The first-order chi connectivity index (χ1) is 16.8. The van der Waals surface area contributed by atoms with E-state index < -0.39 is 5.60 Å². The Hall–Kier alpha value is -3.94. The number of aryl methyl sites for hydroxylation is 2. The fourth-order valence-electron chi connectivity index (χ4n) is 4.79. The number of amides is 1. The van der Waals surface area contributed by atoms with E-state index in [-0.39, 0.29) is 11.7 Å². The van der Waals surface area contributed by atoms with Crippen LogP contribution in [-0.2, 0) is 0 Å². The third-order valence-electron chi connectivity index (χ3n) is 6.63. The lowest BCUT2D eigenvalue weighted by Crippen LogP contribution is -2.52. The van der Waals surface area contributed by atoms with Crippen molar-refractivity contribution in [2.45, 2.75) is 38.7 Å². The summed E-state index contributed by atoms with van der Waals surface area (Å²) in [4.78, 5) is 36.6. The van der Waals surface area contributed by atoms with Gasteiger partial charge in [-0.3, -0.25) is 9.59 Å². The SMILES string of the molecule is COc1ccc2c(c1)C(=O)CC1(CCN(C(=O)c3ccc(Nc4nc(C)cc(C)n4)cc3)CC1)O2. The summed E-state index contributed by atoms with van der Waals surface area (Å²) in [5.41, 5.74) is 3.21.